The average Bonchev–Trinajstić information content (AvgIpc) is 2.99. The molecule has 1 saturated carbocycles. The number of ether oxygens (including phenoxy) is 2. The first-order chi connectivity index (χ1) is 21.7. The number of nitrogens with zero attached hydrogens (tertiary/aromatic N) is 2. The lowest BCUT2D eigenvalue weighted by Crippen LogP contribution is -2.54. The number of amides is 2. The van der Waals surface area contributed by atoms with Crippen LogP contribution >= 0.6 is 27.5 Å². The van der Waals surface area contributed by atoms with E-state index in [1.165, 1.54) is 20.4 Å². The van der Waals surface area contributed by atoms with E-state index >= 15 is 0 Å². The first kappa shape index (κ1) is 37.0. The molecule has 1 aliphatic carbocycles. The number of halogens is 4. The fraction of sp³-hybridized carbons (Fsp3) is 0.533. The summed E-state index contributed by atoms with van der Waals surface area (Å²) in [5.41, 5.74) is 0.202. The number of hydrogen-bond acceptors (Lipinski definition) is 10. The number of aliphatic hydroxyl groups is 1. The molecule has 1 fully saturated rings. The van der Waals surface area contributed by atoms with Gasteiger partial charge in [-0.3, -0.25) is 19.2 Å². The van der Waals surface area contributed by atoms with Crippen molar-refractivity contribution in [3.8, 4) is 0 Å². The lowest BCUT2D eigenvalue weighted by atomic mass is 9.78. The maximum atomic E-state index is 13.9. The summed E-state index contributed by atoms with van der Waals surface area (Å²) in [5, 5.41) is 19.5. The Hall–Kier alpha value is -3.43. The summed E-state index contributed by atoms with van der Waals surface area (Å²) in [6.45, 7) is 3.44. The van der Waals surface area contributed by atoms with Gasteiger partial charge < -0.3 is 30.5 Å². The molecule has 4 N–H and O–H groups in total. The molecule has 5 unspecified atom stereocenters. The molecule has 1 heterocycles. The molecular formula is C30H37BrClF2N5O7. The molecule has 0 bridgehead atoms. The summed E-state index contributed by atoms with van der Waals surface area (Å²) in [6, 6.07) is 0.323. The van der Waals surface area contributed by atoms with Gasteiger partial charge in [0.25, 0.3) is 0 Å². The largest absolute Gasteiger partial charge is 0.469 e. The summed E-state index contributed by atoms with van der Waals surface area (Å²) in [7, 11) is 2.49. The van der Waals surface area contributed by atoms with Gasteiger partial charge in [-0.05, 0) is 76.8 Å². The van der Waals surface area contributed by atoms with Crippen LogP contribution in [0.2, 0.25) is 5.28 Å². The highest BCUT2D eigenvalue weighted by Crippen LogP contribution is 2.31. The fourth-order valence-corrected chi connectivity index (χ4v) is 5.87. The third-order valence-corrected chi connectivity index (χ3v) is 8.42. The normalized spacial score (nSPS) is 19.8. The molecule has 0 saturated heterocycles. The molecule has 0 radical (unpaired) electrons. The van der Waals surface area contributed by atoms with E-state index in [0.717, 1.165) is 12.1 Å². The first-order valence-electron chi connectivity index (χ1n) is 14.5. The van der Waals surface area contributed by atoms with E-state index in [0.29, 0.717) is 10.5 Å². The topological polar surface area (TPSA) is 169 Å². The zero-order valence-electron chi connectivity index (χ0n) is 25.7. The van der Waals surface area contributed by atoms with E-state index in [4.69, 9.17) is 21.1 Å². The van der Waals surface area contributed by atoms with Gasteiger partial charge in [-0.1, -0.05) is 13.8 Å². The summed E-state index contributed by atoms with van der Waals surface area (Å²) in [4.78, 5) is 59.0. The van der Waals surface area contributed by atoms with Crippen LogP contribution in [0.3, 0.4) is 0 Å². The molecule has 2 amide bonds. The van der Waals surface area contributed by atoms with Crippen molar-refractivity contribution in [3.05, 3.63) is 51.4 Å². The van der Waals surface area contributed by atoms with E-state index in [-0.39, 0.29) is 48.3 Å². The van der Waals surface area contributed by atoms with Crippen LogP contribution in [0.15, 0.2) is 28.9 Å². The van der Waals surface area contributed by atoms with Crippen LogP contribution in [-0.4, -0.2) is 77.3 Å². The van der Waals surface area contributed by atoms with Crippen molar-refractivity contribution in [1.82, 2.24) is 20.6 Å². The number of esters is 2. The number of aromatic nitrogens is 2. The van der Waals surface area contributed by atoms with Crippen LogP contribution in [0, 0.1) is 29.4 Å². The lowest BCUT2D eigenvalue weighted by molar-refractivity contribution is -0.153. The van der Waals surface area contributed by atoms with E-state index in [1.807, 2.05) is 0 Å². The zero-order valence-corrected chi connectivity index (χ0v) is 28.0. The summed E-state index contributed by atoms with van der Waals surface area (Å²) in [6.07, 6.45) is 0.0246. The SMILES string of the molecule is COC(=O)C1CC(NC(=O)C(NC(=O)CC(O)C(Cc2cc(F)cc(F)c2)Nc2nc(Cl)ncc2Br)C(C)C)CC(C(=O)OC)C1. The molecule has 1 aromatic carbocycles. The Balaban J connectivity index is 1.74. The van der Waals surface area contributed by atoms with Gasteiger partial charge in [0.05, 0.1) is 49.1 Å². The third kappa shape index (κ3) is 10.6. The Morgan fingerprint density at radius 2 is 1.63 bits per heavy atom. The maximum Gasteiger partial charge on any atom is 0.308 e. The Morgan fingerprint density at radius 1 is 1.04 bits per heavy atom. The van der Waals surface area contributed by atoms with Gasteiger partial charge in [-0.2, -0.15) is 4.98 Å². The van der Waals surface area contributed by atoms with Gasteiger partial charge in [0, 0.05) is 18.3 Å². The second kappa shape index (κ2) is 16.9. The van der Waals surface area contributed by atoms with Crippen LogP contribution in [0.1, 0.15) is 45.1 Å². The number of anilines is 1. The third-order valence-electron chi connectivity index (χ3n) is 7.66. The minimum absolute atomic E-state index is 0.104. The maximum absolute atomic E-state index is 13.9. The summed E-state index contributed by atoms with van der Waals surface area (Å²) >= 11 is 9.20. The van der Waals surface area contributed by atoms with Gasteiger partial charge in [-0.25, -0.2) is 13.8 Å². The number of hydrogen-bond donors (Lipinski definition) is 4. The number of rotatable bonds is 13. The van der Waals surface area contributed by atoms with Crippen molar-refractivity contribution in [3.63, 3.8) is 0 Å². The molecule has 252 valence electrons. The molecular weight excluding hydrogens is 696 g/mol. The highest BCUT2D eigenvalue weighted by molar-refractivity contribution is 9.10. The second-order valence-electron chi connectivity index (χ2n) is 11.5. The van der Waals surface area contributed by atoms with Crippen molar-refractivity contribution in [2.24, 2.45) is 17.8 Å². The Labute approximate surface area is 278 Å². The smallest absolute Gasteiger partial charge is 0.308 e. The minimum atomic E-state index is -1.43. The average molecular weight is 733 g/mol. The summed E-state index contributed by atoms with van der Waals surface area (Å²) < 4.78 is 38.0. The number of aliphatic hydroxyl groups excluding tert-OH is 1. The van der Waals surface area contributed by atoms with Crippen LogP contribution < -0.4 is 16.0 Å². The molecule has 2 aromatic rings. The number of carbonyl (C=O) groups excluding carboxylic acids is 4. The quantitative estimate of drug-likeness (QED) is 0.177. The number of methoxy groups -OCH3 is 2. The Kier molecular flexibility index (Phi) is 13.6. The van der Waals surface area contributed by atoms with Crippen LogP contribution in [-0.2, 0) is 35.1 Å². The standard InChI is InChI=1S/C30H37BrClF2N5O7/c1-14(2)25(27(42)36-20-9-16(28(43)45-3)8-17(10-20)29(44)46-4)38-24(41)12-23(40)22(7-15-5-18(33)11-19(34)6-15)37-26-21(31)13-35-30(32)39-26/h5-6,11,13-14,16-17,20,22-23,25,40H,7-10,12H2,1-4H3,(H,36,42)(H,38,41)(H,35,37,39). The Bertz CT molecular complexity index is 1380. The van der Waals surface area contributed by atoms with Crippen molar-refractivity contribution < 1.29 is 42.5 Å². The highest BCUT2D eigenvalue weighted by atomic mass is 79.9. The summed E-state index contributed by atoms with van der Waals surface area (Å²) in [5.74, 6) is -5.33. The number of benzene rings is 1. The first-order valence-corrected chi connectivity index (χ1v) is 15.7. The van der Waals surface area contributed by atoms with Crippen molar-refractivity contribution >= 4 is 57.1 Å². The van der Waals surface area contributed by atoms with Crippen molar-refractivity contribution in [2.75, 3.05) is 19.5 Å². The predicted octanol–water partition coefficient (Wildman–Crippen LogP) is 3.33. The fourth-order valence-electron chi connectivity index (χ4n) is 5.43. The molecule has 5 atom stereocenters. The number of nitrogens with one attached hydrogen (secondary N) is 3. The molecule has 1 aromatic heterocycles. The highest BCUT2D eigenvalue weighted by Gasteiger charge is 2.39. The van der Waals surface area contributed by atoms with Gasteiger partial charge in [-0.15, -0.1) is 0 Å². The van der Waals surface area contributed by atoms with Gasteiger partial charge in [0.15, 0.2) is 0 Å². The molecule has 0 spiro atoms. The van der Waals surface area contributed by atoms with Crippen molar-refractivity contribution in [1.29, 1.82) is 0 Å². The van der Waals surface area contributed by atoms with Gasteiger partial charge >= 0.3 is 11.9 Å². The molecule has 16 heteroatoms. The molecule has 12 nitrogen and oxygen atoms in total. The van der Waals surface area contributed by atoms with Crippen LogP contribution in [0.5, 0.6) is 0 Å². The minimum Gasteiger partial charge on any atom is -0.469 e. The van der Waals surface area contributed by atoms with Crippen LogP contribution in [0.4, 0.5) is 14.6 Å². The predicted molar refractivity (Wildman–Crippen MR) is 166 cm³/mol. The van der Waals surface area contributed by atoms with E-state index in [2.05, 4.69) is 41.8 Å². The second-order valence-corrected chi connectivity index (χ2v) is 12.7. The lowest BCUT2D eigenvalue weighted by Gasteiger charge is -2.34. The molecule has 1 aliphatic rings. The monoisotopic (exact) mass is 731 g/mol. The van der Waals surface area contributed by atoms with Gasteiger partial charge in [0.2, 0.25) is 17.1 Å². The molecule has 0 aliphatic heterocycles. The van der Waals surface area contributed by atoms with E-state index in [1.54, 1.807) is 13.8 Å². The van der Waals surface area contributed by atoms with Gasteiger partial charge in [0.1, 0.15) is 23.5 Å². The van der Waals surface area contributed by atoms with Crippen molar-refractivity contribution in [2.45, 2.75) is 70.2 Å². The zero-order chi connectivity index (χ0) is 34.1. The van der Waals surface area contributed by atoms with E-state index < -0.39 is 77.9 Å². The molecule has 3 rings (SSSR count). The van der Waals surface area contributed by atoms with E-state index in [9.17, 15) is 33.1 Å². The molecule has 46 heavy (non-hydrogen) atoms. The Morgan fingerprint density at radius 3 is 2.17 bits per heavy atom. The number of carbonyl (C=O) groups is 4. The van der Waals surface area contributed by atoms with Crippen LogP contribution in [0.25, 0.3) is 0 Å².